The molecule has 1 saturated carbocycles. The molecule has 1 N–H and O–H groups in total. The summed E-state index contributed by atoms with van der Waals surface area (Å²) in [6.07, 6.45) is 6.23. The molecule has 1 heterocycles. The number of furan rings is 1. The number of hydrogen-bond acceptors (Lipinski definition) is 2. The Kier molecular flexibility index (Phi) is 2.97. The van der Waals surface area contributed by atoms with Crippen molar-refractivity contribution in [2.45, 2.75) is 25.4 Å². The van der Waals surface area contributed by atoms with E-state index in [1.165, 1.54) is 24.0 Å². The Morgan fingerprint density at radius 2 is 2.00 bits per heavy atom. The quantitative estimate of drug-likeness (QED) is 0.845. The van der Waals surface area contributed by atoms with Crippen LogP contribution in [0.3, 0.4) is 0 Å². The van der Waals surface area contributed by atoms with Crippen molar-refractivity contribution in [1.29, 1.82) is 0 Å². The van der Waals surface area contributed by atoms with E-state index in [0.717, 1.165) is 12.5 Å². The first kappa shape index (κ1) is 10.6. The van der Waals surface area contributed by atoms with Crippen LogP contribution in [0.15, 0.2) is 53.3 Å². The van der Waals surface area contributed by atoms with Gasteiger partial charge in [0.1, 0.15) is 0 Å². The van der Waals surface area contributed by atoms with Crippen LogP contribution in [-0.2, 0) is 6.54 Å². The summed E-state index contributed by atoms with van der Waals surface area (Å²) < 4.78 is 5.09. The lowest BCUT2D eigenvalue weighted by Crippen LogP contribution is -2.22. The van der Waals surface area contributed by atoms with E-state index in [0.29, 0.717) is 6.04 Å². The molecule has 2 nitrogen and oxygen atoms in total. The highest BCUT2D eigenvalue weighted by atomic mass is 16.3. The largest absolute Gasteiger partial charge is 0.472 e. The normalized spacial score (nSPS) is 16.9. The first-order valence-electron chi connectivity index (χ1n) is 6.23. The average Bonchev–Trinajstić information content (AvgIpc) is 3.07. The maximum atomic E-state index is 5.09. The molecular weight excluding hydrogens is 210 g/mol. The van der Waals surface area contributed by atoms with Gasteiger partial charge in [0.15, 0.2) is 0 Å². The highest BCUT2D eigenvalue weighted by Gasteiger charge is 2.31. The molecule has 17 heavy (non-hydrogen) atoms. The number of benzene rings is 1. The van der Waals surface area contributed by atoms with E-state index in [1.54, 1.807) is 6.26 Å². The summed E-state index contributed by atoms with van der Waals surface area (Å²) in [5.41, 5.74) is 2.62. The van der Waals surface area contributed by atoms with Crippen molar-refractivity contribution < 1.29 is 4.42 Å². The fourth-order valence-corrected chi connectivity index (χ4v) is 2.27. The van der Waals surface area contributed by atoms with E-state index in [4.69, 9.17) is 4.42 Å². The third kappa shape index (κ3) is 2.59. The molecule has 0 bridgehead atoms. The van der Waals surface area contributed by atoms with Gasteiger partial charge in [0.05, 0.1) is 12.5 Å². The molecule has 1 aromatic carbocycles. The van der Waals surface area contributed by atoms with Crippen molar-refractivity contribution in [3.8, 4) is 0 Å². The average molecular weight is 227 g/mol. The summed E-state index contributed by atoms with van der Waals surface area (Å²) in [6.45, 7) is 0.882. The molecule has 1 aliphatic carbocycles. The molecule has 88 valence electrons. The van der Waals surface area contributed by atoms with E-state index in [9.17, 15) is 0 Å². The predicted molar refractivity (Wildman–Crippen MR) is 67.5 cm³/mol. The zero-order chi connectivity index (χ0) is 11.5. The van der Waals surface area contributed by atoms with Crippen LogP contribution in [0.4, 0.5) is 0 Å². The van der Waals surface area contributed by atoms with Gasteiger partial charge in [-0.05, 0) is 30.4 Å². The second-order valence-electron chi connectivity index (χ2n) is 4.74. The fraction of sp³-hybridized carbons (Fsp3) is 0.333. The Hall–Kier alpha value is -1.54. The first-order valence-corrected chi connectivity index (χ1v) is 6.23. The van der Waals surface area contributed by atoms with E-state index in [2.05, 4.69) is 35.6 Å². The molecule has 0 saturated heterocycles. The fourth-order valence-electron chi connectivity index (χ4n) is 2.27. The van der Waals surface area contributed by atoms with Crippen LogP contribution in [0.2, 0.25) is 0 Å². The van der Waals surface area contributed by atoms with Gasteiger partial charge in [-0.2, -0.15) is 0 Å². The van der Waals surface area contributed by atoms with Gasteiger partial charge < -0.3 is 9.73 Å². The predicted octanol–water partition coefficient (Wildman–Crippen LogP) is 3.52. The monoisotopic (exact) mass is 227 g/mol. The van der Waals surface area contributed by atoms with E-state index in [1.807, 2.05) is 12.3 Å². The summed E-state index contributed by atoms with van der Waals surface area (Å²) in [6, 6.07) is 13.2. The van der Waals surface area contributed by atoms with Crippen molar-refractivity contribution in [1.82, 2.24) is 5.32 Å². The lowest BCUT2D eigenvalue weighted by Gasteiger charge is -2.18. The maximum absolute atomic E-state index is 5.09. The Morgan fingerprint density at radius 3 is 2.65 bits per heavy atom. The van der Waals surface area contributed by atoms with E-state index < -0.39 is 0 Å². The molecule has 1 aliphatic rings. The smallest absolute Gasteiger partial charge is 0.0947 e. The van der Waals surface area contributed by atoms with Crippen LogP contribution < -0.4 is 5.32 Å². The minimum atomic E-state index is 0.492. The molecule has 1 fully saturated rings. The minimum Gasteiger partial charge on any atom is -0.472 e. The zero-order valence-corrected chi connectivity index (χ0v) is 9.80. The Labute approximate surface area is 102 Å². The van der Waals surface area contributed by atoms with Gasteiger partial charge in [0.25, 0.3) is 0 Å². The number of rotatable bonds is 5. The molecule has 1 aromatic heterocycles. The molecular formula is C15H17NO. The maximum Gasteiger partial charge on any atom is 0.0947 e. The molecule has 2 heteroatoms. The summed E-state index contributed by atoms with van der Waals surface area (Å²) in [7, 11) is 0. The molecule has 0 aliphatic heterocycles. The SMILES string of the molecule is c1ccc(C(NCc2ccoc2)C2CC2)cc1. The lowest BCUT2D eigenvalue weighted by atomic mass is 10.0. The van der Waals surface area contributed by atoms with E-state index in [-0.39, 0.29) is 0 Å². The lowest BCUT2D eigenvalue weighted by molar-refractivity contribution is 0.477. The standard InChI is InChI=1S/C15H17NO/c1-2-4-13(5-3-1)15(14-6-7-14)16-10-12-8-9-17-11-12/h1-5,8-9,11,14-16H,6-7,10H2. The molecule has 1 unspecified atom stereocenters. The topological polar surface area (TPSA) is 25.2 Å². The number of nitrogens with one attached hydrogen (secondary N) is 1. The minimum absolute atomic E-state index is 0.492. The van der Waals surface area contributed by atoms with Crippen molar-refractivity contribution in [2.75, 3.05) is 0 Å². The van der Waals surface area contributed by atoms with Crippen molar-refractivity contribution in [3.05, 3.63) is 60.1 Å². The van der Waals surface area contributed by atoms with Crippen molar-refractivity contribution in [2.24, 2.45) is 5.92 Å². The summed E-state index contributed by atoms with van der Waals surface area (Å²) in [5, 5.41) is 3.64. The zero-order valence-electron chi connectivity index (χ0n) is 9.80. The Bertz CT molecular complexity index is 445. The Morgan fingerprint density at radius 1 is 1.18 bits per heavy atom. The van der Waals surface area contributed by atoms with Gasteiger partial charge >= 0.3 is 0 Å². The van der Waals surface area contributed by atoms with Crippen LogP contribution >= 0.6 is 0 Å². The molecule has 0 amide bonds. The first-order chi connectivity index (χ1) is 8.43. The molecule has 3 rings (SSSR count). The van der Waals surface area contributed by atoms with Crippen LogP contribution in [0, 0.1) is 5.92 Å². The highest BCUT2D eigenvalue weighted by Crippen LogP contribution is 2.41. The van der Waals surface area contributed by atoms with Crippen molar-refractivity contribution >= 4 is 0 Å². The number of hydrogen-bond donors (Lipinski definition) is 1. The van der Waals surface area contributed by atoms with Crippen LogP contribution in [0.25, 0.3) is 0 Å². The van der Waals surface area contributed by atoms with Crippen LogP contribution in [-0.4, -0.2) is 0 Å². The second kappa shape index (κ2) is 4.76. The molecule has 0 spiro atoms. The summed E-state index contributed by atoms with van der Waals surface area (Å²) >= 11 is 0. The third-order valence-electron chi connectivity index (χ3n) is 3.36. The van der Waals surface area contributed by atoms with Gasteiger partial charge in [-0.25, -0.2) is 0 Å². The highest BCUT2D eigenvalue weighted by molar-refractivity contribution is 5.21. The van der Waals surface area contributed by atoms with Gasteiger partial charge in [0.2, 0.25) is 0 Å². The molecule has 1 atom stereocenters. The summed E-state index contributed by atoms with van der Waals surface area (Å²) in [5.74, 6) is 0.810. The van der Waals surface area contributed by atoms with Gasteiger partial charge in [0, 0.05) is 18.2 Å². The van der Waals surface area contributed by atoms with Gasteiger partial charge in [-0.15, -0.1) is 0 Å². The van der Waals surface area contributed by atoms with E-state index >= 15 is 0 Å². The Balaban J connectivity index is 1.68. The second-order valence-corrected chi connectivity index (χ2v) is 4.74. The third-order valence-corrected chi connectivity index (χ3v) is 3.36. The summed E-state index contributed by atoms with van der Waals surface area (Å²) in [4.78, 5) is 0. The van der Waals surface area contributed by atoms with Crippen molar-refractivity contribution in [3.63, 3.8) is 0 Å². The van der Waals surface area contributed by atoms with Crippen LogP contribution in [0.1, 0.15) is 30.0 Å². The molecule has 2 aromatic rings. The van der Waals surface area contributed by atoms with Gasteiger partial charge in [-0.1, -0.05) is 30.3 Å². The van der Waals surface area contributed by atoms with Crippen LogP contribution in [0.5, 0.6) is 0 Å². The van der Waals surface area contributed by atoms with Gasteiger partial charge in [-0.3, -0.25) is 0 Å². The molecule has 0 radical (unpaired) electrons.